The first-order chi connectivity index (χ1) is 32.3. The summed E-state index contributed by atoms with van der Waals surface area (Å²) < 4.78 is 35.8. The zero-order valence-corrected chi connectivity index (χ0v) is 43.5. The molecule has 0 saturated carbocycles. The van der Waals surface area contributed by atoms with Crippen molar-refractivity contribution in [1.29, 1.82) is 0 Å². The number of hydrogen-bond donors (Lipinski definition) is 1. The number of aliphatic hydroxyl groups excluding tert-OH is 1. The van der Waals surface area contributed by atoms with Gasteiger partial charge in [-0.05, 0) is 168 Å². The van der Waals surface area contributed by atoms with E-state index in [9.17, 15) is 14.7 Å². The summed E-state index contributed by atoms with van der Waals surface area (Å²) in [6.45, 7) is 17.8. The quantitative estimate of drug-likeness (QED) is 0.0274. The highest BCUT2D eigenvalue weighted by molar-refractivity contribution is 5.69. The van der Waals surface area contributed by atoms with Crippen LogP contribution in [0.25, 0.3) is 0 Å². The lowest BCUT2D eigenvalue weighted by Gasteiger charge is -2.22. The Kier molecular flexibility index (Phi) is 48.7. The molecule has 0 spiro atoms. The third kappa shape index (κ3) is 45.4. The summed E-state index contributed by atoms with van der Waals surface area (Å²) in [6.07, 6.45) is 42.9. The number of unbranched alkanes of at least 4 members (excludes halogenated alkanes) is 12. The Balaban J connectivity index is 4.43. The molecule has 0 aliphatic carbocycles. The van der Waals surface area contributed by atoms with E-state index < -0.39 is 0 Å². The molecule has 0 saturated heterocycles. The smallest absolute Gasteiger partial charge is 0.306 e. The number of nitrogens with zero attached hydrogens (tertiary/aromatic N) is 1. The van der Waals surface area contributed by atoms with Gasteiger partial charge >= 0.3 is 11.9 Å². The molecule has 0 amide bonds. The minimum atomic E-state index is -0.382. The molecule has 2 atom stereocenters. The van der Waals surface area contributed by atoms with Gasteiger partial charge in [0.15, 0.2) is 12.6 Å². The lowest BCUT2D eigenvalue weighted by atomic mass is 10.1. The Labute approximate surface area is 406 Å². The predicted molar refractivity (Wildman–Crippen MR) is 275 cm³/mol. The van der Waals surface area contributed by atoms with Crippen LogP contribution in [0.5, 0.6) is 0 Å². The van der Waals surface area contributed by atoms with Crippen LogP contribution >= 0.6 is 0 Å². The van der Waals surface area contributed by atoms with Crippen molar-refractivity contribution < 1.29 is 43.1 Å². The van der Waals surface area contributed by atoms with Crippen molar-refractivity contribution >= 4 is 11.9 Å². The molecule has 66 heavy (non-hydrogen) atoms. The normalized spacial score (nSPS) is 13.2. The Morgan fingerprint density at radius 2 is 0.758 bits per heavy atom. The van der Waals surface area contributed by atoms with Crippen LogP contribution in [0.1, 0.15) is 221 Å². The van der Waals surface area contributed by atoms with Gasteiger partial charge in [-0.1, -0.05) is 89.1 Å². The van der Waals surface area contributed by atoms with Gasteiger partial charge in [-0.25, -0.2) is 0 Å². The minimum absolute atomic E-state index is 0.129. The van der Waals surface area contributed by atoms with Gasteiger partial charge in [-0.3, -0.25) is 9.59 Å². The molecule has 0 aliphatic heterocycles. The topological polar surface area (TPSA) is 113 Å². The van der Waals surface area contributed by atoms with Gasteiger partial charge in [0.2, 0.25) is 0 Å². The summed E-state index contributed by atoms with van der Waals surface area (Å²) in [5.74, 6) is -0.380. The van der Waals surface area contributed by atoms with Crippen LogP contribution in [0.2, 0.25) is 0 Å². The summed E-state index contributed by atoms with van der Waals surface area (Å²) >= 11 is 0. The third-order valence-electron chi connectivity index (χ3n) is 11.3. The Bertz CT molecular complexity index is 1040. The molecule has 0 aromatic carbocycles. The summed E-state index contributed by atoms with van der Waals surface area (Å²) in [7, 11) is 0. The van der Waals surface area contributed by atoms with E-state index in [1.165, 1.54) is 0 Å². The average molecular weight is 934 g/mol. The molecule has 0 radical (unpaired) electrons. The SMILES string of the molecule is CC/C=C\CCCCOC(CCC(=O)OC(C)CCCCCN(CCO)CCCCCC(C)OC(=O)CCC(OCCCC/C=C\CC)OCCCC/C=C\CC)OCCCC/C=C\CC. The number of rotatable bonds is 50. The lowest BCUT2D eigenvalue weighted by molar-refractivity contribution is -0.162. The van der Waals surface area contributed by atoms with E-state index >= 15 is 0 Å². The molecule has 386 valence electrons. The first kappa shape index (κ1) is 63.7. The van der Waals surface area contributed by atoms with Gasteiger partial charge in [-0.2, -0.15) is 0 Å². The fraction of sp³-hybridized carbons (Fsp3) is 0.821. The molecule has 10 heteroatoms. The van der Waals surface area contributed by atoms with E-state index in [2.05, 4.69) is 81.2 Å². The van der Waals surface area contributed by atoms with Crippen LogP contribution in [0.3, 0.4) is 0 Å². The van der Waals surface area contributed by atoms with Gasteiger partial charge in [0.25, 0.3) is 0 Å². The van der Waals surface area contributed by atoms with Gasteiger partial charge in [0, 0.05) is 45.8 Å². The van der Waals surface area contributed by atoms with E-state index in [-0.39, 0.29) is 56.2 Å². The Hall–Kier alpha value is -2.34. The monoisotopic (exact) mass is 934 g/mol. The van der Waals surface area contributed by atoms with Crippen molar-refractivity contribution in [2.45, 2.75) is 246 Å². The summed E-state index contributed by atoms with van der Waals surface area (Å²) in [5, 5.41) is 9.69. The highest BCUT2D eigenvalue weighted by atomic mass is 16.7. The average Bonchev–Trinajstić information content (AvgIpc) is 3.30. The fourth-order valence-electron chi connectivity index (χ4n) is 7.40. The second kappa shape index (κ2) is 50.5. The van der Waals surface area contributed by atoms with Crippen LogP contribution in [0.4, 0.5) is 0 Å². The molecule has 0 heterocycles. The molecule has 0 aliphatic rings. The van der Waals surface area contributed by atoms with Crippen molar-refractivity contribution in [2.75, 3.05) is 52.7 Å². The molecule has 0 fully saturated rings. The van der Waals surface area contributed by atoms with E-state index in [0.29, 0.717) is 45.8 Å². The number of allylic oxidation sites excluding steroid dienone is 8. The van der Waals surface area contributed by atoms with Crippen molar-refractivity contribution in [1.82, 2.24) is 4.90 Å². The Morgan fingerprint density at radius 1 is 0.424 bits per heavy atom. The maximum Gasteiger partial charge on any atom is 0.306 e. The summed E-state index contributed by atoms with van der Waals surface area (Å²) in [6, 6.07) is 0. The molecule has 1 N–H and O–H groups in total. The first-order valence-corrected chi connectivity index (χ1v) is 27.1. The third-order valence-corrected chi connectivity index (χ3v) is 11.3. The number of ether oxygens (including phenoxy) is 6. The zero-order chi connectivity index (χ0) is 48.4. The van der Waals surface area contributed by atoms with Crippen LogP contribution in [0, 0.1) is 0 Å². The van der Waals surface area contributed by atoms with Gasteiger partial charge in [0.05, 0.1) is 31.7 Å². The molecule has 0 aromatic rings. The van der Waals surface area contributed by atoms with E-state index in [1.54, 1.807) is 0 Å². The van der Waals surface area contributed by atoms with Crippen LogP contribution in [0.15, 0.2) is 48.6 Å². The van der Waals surface area contributed by atoms with Gasteiger partial charge in [0.1, 0.15) is 0 Å². The summed E-state index contributed by atoms with van der Waals surface area (Å²) in [5.41, 5.74) is 0. The maximum absolute atomic E-state index is 12.8. The standard InChI is InChI=1S/C56H103NO9/c1-7-11-15-19-23-33-47-61-55(62-48-34-24-20-16-12-8-2)41-39-53(59)65-51(5)37-29-27-31-43-57(45-46-58)44-32-28-30-38-52(6)66-54(60)40-42-56(63-49-35-25-21-17-13-9-3)64-50-36-26-22-18-14-10-4/h11-18,51-52,55-56,58H,7-10,19-50H2,1-6H3/b15-11-,16-12-,17-13-,18-14-. The van der Waals surface area contributed by atoms with Crippen molar-refractivity contribution in [3.63, 3.8) is 0 Å². The highest BCUT2D eigenvalue weighted by Crippen LogP contribution is 2.15. The van der Waals surface area contributed by atoms with E-state index in [0.717, 1.165) is 167 Å². The zero-order valence-electron chi connectivity index (χ0n) is 43.5. The lowest BCUT2D eigenvalue weighted by Crippen LogP contribution is -2.29. The van der Waals surface area contributed by atoms with Crippen LogP contribution < -0.4 is 0 Å². The molecule has 0 aromatic heterocycles. The first-order valence-electron chi connectivity index (χ1n) is 27.1. The molecular weight excluding hydrogens is 831 g/mol. The molecule has 10 nitrogen and oxygen atoms in total. The predicted octanol–water partition coefficient (Wildman–Crippen LogP) is 14.1. The number of aliphatic hydroxyl groups is 1. The molecule has 2 unspecified atom stereocenters. The maximum atomic E-state index is 12.8. The van der Waals surface area contributed by atoms with Crippen LogP contribution in [-0.2, 0) is 38.0 Å². The van der Waals surface area contributed by atoms with Crippen LogP contribution in [-0.4, -0.2) is 99.4 Å². The number of hydrogen-bond acceptors (Lipinski definition) is 10. The fourth-order valence-corrected chi connectivity index (χ4v) is 7.40. The Morgan fingerprint density at radius 3 is 1.06 bits per heavy atom. The van der Waals surface area contributed by atoms with Gasteiger partial charge < -0.3 is 38.4 Å². The molecular formula is C56H103NO9. The van der Waals surface area contributed by atoms with Gasteiger partial charge in [-0.15, -0.1) is 0 Å². The largest absolute Gasteiger partial charge is 0.463 e. The van der Waals surface area contributed by atoms with E-state index in [1.807, 2.05) is 13.8 Å². The number of esters is 2. The number of carbonyl (C=O) groups is 2. The number of carbonyl (C=O) groups excluding carboxylic acids is 2. The molecule has 0 rings (SSSR count). The summed E-state index contributed by atoms with van der Waals surface area (Å²) in [4.78, 5) is 27.9. The second-order valence-corrected chi connectivity index (χ2v) is 17.8. The minimum Gasteiger partial charge on any atom is -0.463 e. The molecule has 0 bridgehead atoms. The van der Waals surface area contributed by atoms with Crippen molar-refractivity contribution in [3.8, 4) is 0 Å². The second-order valence-electron chi connectivity index (χ2n) is 17.8. The van der Waals surface area contributed by atoms with E-state index in [4.69, 9.17) is 28.4 Å². The van der Waals surface area contributed by atoms with Crippen molar-refractivity contribution in [3.05, 3.63) is 48.6 Å². The highest BCUT2D eigenvalue weighted by Gasteiger charge is 2.17. The van der Waals surface area contributed by atoms with Crippen molar-refractivity contribution in [2.24, 2.45) is 0 Å².